The first-order valence-electron chi connectivity index (χ1n) is 6.92. The molecule has 110 valence electrons. The number of fused-ring (bicyclic) bond motifs is 2. The lowest BCUT2D eigenvalue weighted by Crippen LogP contribution is -2.40. The molecular formula is C13H20N4O2S. The minimum atomic E-state index is -3.59. The van der Waals surface area contributed by atoms with E-state index in [9.17, 15) is 8.42 Å². The second kappa shape index (κ2) is 4.98. The van der Waals surface area contributed by atoms with Crippen LogP contribution in [0, 0.1) is 0 Å². The number of aromatic nitrogens is 1. The van der Waals surface area contributed by atoms with Crippen LogP contribution >= 0.6 is 0 Å². The fourth-order valence-electron chi connectivity index (χ4n) is 3.24. The lowest BCUT2D eigenvalue weighted by atomic mass is 10.1. The Morgan fingerprint density at radius 3 is 2.80 bits per heavy atom. The predicted octanol–water partition coefficient (Wildman–Crippen LogP) is 0.521. The van der Waals surface area contributed by atoms with Crippen LogP contribution in [0.1, 0.15) is 19.3 Å². The molecule has 2 N–H and O–H groups in total. The highest BCUT2D eigenvalue weighted by atomic mass is 32.2. The van der Waals surface area contributed by atoms with Gasteiger partial charge in [-0.1, -0.05) is 0 Å². The van der Waals surface area contributed by atoms with Crippen molar-refractivity contribution in [2.24, 2.45) is 0 Å². The van der Waals surface area contributed by atoms with E-state index in [0.717, 1.165) is 12.8 Å². The van der Waals surface area contributed by atoms with Gasteiger partial charge in [-0.25, -0.2) is 13.4 Å². The van der Waals surface area contributed by atoms with Gasteiger partial charge in [0.05, 0.1) is 5.69 Å². The first-order chi connectivity index (χ1) is 9.50. The molecule has 0 radical (unpaired) electrons. The van der Waals surface area contributed by atoms with Crippen molar-refractivity contribution in [1.82, 2.24) is 14.2 Å². The molecule has 0 amide bonds. The van der Waals surface area contributed by atoms with Crippen LogP contribution in [0.4, 0.5) is 5.69 Å². The molecule has 1 aromatic rings. The molecule has 2 aliphatic rings. The van der Waals surface area contributed by atoms with Crippen molar-refractivity contribution in [2.45, 2.75) is 36.4 Å². The lowest BCUT2D eigenvalue weighted by Gasteiger charge is -2.25. The number of nitrogens with zero attached hydrogens (tertiary/aromatic N) is 3. The quantitative estimate of drug-likeness (QED) is 0.861. The fourth-order valence-corrected chi connectivity index (χ4v) is 4.76. The highest BCUT2D eigenvalue weighted by molar-refractivity contribution is 7.89. The van der Waals surface area contributed by atoms with Crippen molar-refractivity contribution < 1.29 is 8.42 Å². The average Bonchev–Trinajstić information content (AvgIpc) is 2.62. The van der Waals surface area contributed by atoms with E-state index < -0.39 is 10.0 Å². The van der Waals surface area contributed by atoms with Gasteiger partial charge in [0.2, 0.25) is 0 Å². The van der Waals surface area contributed by atoms with E-state index in [1.54, 1.807) is 16.4 Å². The minimum Gasteiger partial charge on any atom is -0.396 e. The molecule has 2 aliphatic heterocycles. The van der Waals surface area contributed by atoms with E-state index in [0.29, 0.717) is 25.2 Å². The van der Waals surface area contributed by atoms with Gasteiger partial charge in [0.15, 0.2) is 5.03 Å². The first-order valence-corrected chi connectivity index (χ1v) is 8.36. The highest BCUT2D eigenvalue weighted by Gasteiger charge is 2.39. The molecule has 0 aliphatic carbocycles. The molecule has 0 saturated carbocycles. The van der Waals surface area contributed by atoms with Gasteiger partial charge in [-0.05, 0) is 38.4 Å². The van der Waals surface area contributed by atoms with E-state index in [2.05, 4.69) is 16.9 Å². The number of nitrogen functional groups attached to an aromatic ring is 1. The second-order valence-electron chi connectivity index (χ2n) is 5.60. The molecule has 2 unspecified atom stereocenters. The number of hydrogen-bond donors (Lipinski definition) is 1. The molecule has 2 fully saturated rings. The number of hydrogen-bond acceptors (Lipinski definition) is 5. The van der Waals surface area contributed by atoms with Crippen molar-refractivity contribution in [3.8, 4) is 0 Å². The van der Waals surface area contributed by atoms with Crippen molar-refractivity contribution in [1.29, 1.82) is 0 Å². The molecule has 0 aromatic carbocycles. The maximum atomic E-state index is 12.7. The standard InChI is InChI=1S/C13H20N4O2S/c1-16-10-4-5-11(16)9-17(8-6-10)20(18,19)13-12(14)3-2-7-15-13/h2-3,7,10-11H,4-6,8-9,14H2,1H3. The number of rotatable bonds is 2. The maximum absolute atomic E-state index is 12.7. The van der Waals surface area contributed by atoms with Gasteiger partial charge in [-0.2, -0.15) is 4.31 Å². The molecular weight excluding hydrogens is 276 g/mol. The van der Waals surface area contributed by atoms with Crippen LogP contribution in [-0.4, -0.2) is 54.8 Å². The van der Waals surface area contributed by atoms with Crippen LogP contribution in [0.5, 0.6) is 0 Å². The van der Waals surface area contributed by atoms with E-state index in [-0.39, 0.29) is 10.7 Å². The van der Waals surface area contributed by atoms with Crippen LogP contribution < -0.4 is 5.73 Å². The monoisotopic (exact) mass is 296 g/mol. The van der Waals surface area contributed by atoms with Gasteiger partial charge in [-0.3, -0.25) is 4.90 Å². The summed E-state index contributed by atoms with van der Waals surface area (Å²) in [6, 6.07) is 4.03. The Morgan fingerprint density at radius 2 is 2.05 bits per heavy atom. The van der Waals surface area contributed by atoms with Gasteiger partial charge in [0.25, 0.3) is 10.0 Å². The summed E-state index contributed by atoms with van der Waals surface area (Å²) in [6.07, 6.45) is 4.57. The Bertz CT molecular complexity index is 604. The first kappa shape index (κ1) is 13.8. The van der Waals surface area contributed by atoms with Gasteiger partial charge in [0.1, 0.15) is 0 Å². The normalized spacial score (nSPS) is 28.4. The summed E-state index contributed by atoms with van der Waals surface area (Å²) < 4.78 is 27.0. The zero-order valence-corrected chi connectivity index (χ0v) is 12.4. The van der Waals surface area contributed by atoms with Gasteiger partial charge in [0, 0.05) is 31.4 Å². The fraction of sp³-hybridized carbons (Fsp3) is 0.615. The van der Waals surface area contributed by atoms with Crippen LogP contribution in [-0.2, 0) is 10.0 Å². The summed E-state index contributed by atoms with van der Waals surface area (Å²) in [7, 11) is -1.50. The highest BCUT2D eigenvalue weighted by Crippen LogP contribution is 2.31. The van der Waals surface area contributed by atoms with Crippen LogP contribution in [0.15, 0.2) is 23.4 Å². The molecule has 3 heterocycles. The van der Waals surface area contributed by atoms with Gasteiger partial charge < -0.3 is 5.73 Å². The van der Waals surface area contributed by atoms with Crippen LogP contribution in [0.3, 0.4) is 0 Å². The lowest BCUT2D eigenvalue weighted by molar-refractivity contribution is 0.246. The molecule has 2 bridgehead atoms. The van der Waals surface area contributed by atoms with Gasteiger partial charge >= 0.3 is 0 Å². The third-order valence-electron chi connectivity index (χ3n) is 4.50. The van der Waals surface area contributed by atoms with E-state index in [4.69, 9.17) is 5.73 Å². The SMILES string of the molecule is CN1C2CCC1CN(S(=O)(=O)c1ncccc1N)CC2. The summed E-state index contributed by atoms with van der Waals surface area (Å²) in [4.78, 5) is 6.29. The molecule has 2 atom stereocenters. The van der Waals surface area contributed by atoms with Crippen molar-refractivity contribution in [3.63, 3.8) is 0 Å². The number of sulfonamides is 1. The van der Waals surface area contributed by atoms with Crippen LogP contribution in [0.2, 0.25) is 0 Å². The molecule has 2 saturated heterocycles. The minimum absolute atomic E-state index is 0.0135. The summed E-state index contributed by atoms with van der Waals surface area (Å²) in [5.74, 6) is 0. The van der Waals surface area contributed by atoms with Gasteiger partial charge in [-0.15, -0.1) is 0 Å². The third kappa shape index (κ3) is 2.19. The predicted molar refractivity (Wildman–Crippen MR) is 76.6 cm³/mol. The molecule has 7 heteroatoms. The summed E-state index contributed by atoms with van der Waals surface area (Å²) in [5, 5.41) is -0.0135. The maximum Gasteiger partial charge on any atom is 0.262 e. The van der Waals surface area contributed by atoms with Crippen LogP contribution in [0.25, 0.3) is 0 Å². The third-order valence-corrected chi connectivity index (χ3v) is 6.34. The molecule has 3 rings (SSSR count). The Balaban J connectivity index is 1.91. The van der Waals surface area contributed by atoms with Crippen molar-refractivity contribution in [3.05, 3.63) is 18.3 Å². The molecule has 6 nitrogen and oxygen atoms in total. The van der Waals surface area contributed by atoms with Crippen molar-refractivity contribution in [2.75, 3.05) is 25.9 Å². The topological polar surface area (TPSA) is 79.5 Å². The van der Waals surface area contributed by atoms with E-state index in [1.807, 2.05) is 0 Å². The molecule has 0 spiro atoms. The summed E-state index contributed by atoms with van der Waals surface area (Å²) in [5.41, 5.74) is 5.99. The zero-order valence-electron chi connectivity index (χ0n) is 11.6. The number of nitrogens with two attached hydrogens (primary N) is 1. The number of pyridine rings is 1. The Hall–Kier alpha value is -1.18. The smallest absolute Gasteiger partial charge is 0.262 e. The second-order valence-corrected chi connectivity index (χ2v) is 7.45. The Labute approximate surface area is 119 Å². The Morgan fingerprint density at radius 1 is 1.30 bits per heavy atom. The van der Waals surface area contributed by atoms with E-state index in [1.165, 1.54) is 12.6 Å². The molecule has 20 heavy (non-hydrogen) atoms. The summed E-state index contributed by atoms with van der Waals surface area (Å²) >= 11 is 0. The number of likely N-dealkylation sites (N-methyl/N-ethyl adjacent to an activating group) is 1. The van der Waals surface area contributed by atoms with E-state index >= 15 is 0 Å². The number of anilines is 1. The largest absolute Gasteiger partial charge is 0.396 e. The van der Waals surface area contributed by atoms with Crippen molar-refractivity contribution >= 4 is 15.7 Å². The Kier molecular flexibility index (Phi) is 3.43. The zero-order chi connectivity index (χ0) is 14.3. The molecule has 1 aromatic heterocycles. The average molecular weight is 296 g/mol. The summed E-state index contributed by atoms with van der Waals surface area (Å²) in [6.45, 7) is 1.08.